The van der Waals surface area contributed by atoms with E-state index in [4.69, 9.17) is 4.99 Å². The van der Waals surface area contributed by atoms with Crippen LogP contribution in [0.3, 0.4) is 0 Å². The highest BCUT2D eigenvalue weighted by atomic mass is 16.1. The zero-order chi connectivity index (χ0) is 20.7. The molecule has 2 saturated carbocycles. The molecule has 0 spiro atoms. The summed E-state index contributed by atoms with van der Waals surface area (Å²) in [6, 6.07) is 6.64. The van der Waals surface area contributed by atoms with E-state index in [0.717, 1.165) is 29.9 Å². The van der Waals surface area contributed by atoms with Crippen molar-refractivity contribution in [3.05, 3.63) is 29.3 Å². The highest BCUT2D eigenvalue weighted by molar-refractivity contribution is 6.02. The summed E-state index contributed by atoms with van der Waals surface area (Å²) in [5.74, 6) is 0.999. The molecule has 30 heavy (non-hydrogen) atoms. The molecule has 2 fully saturated rings. The van der Waals surface area contributed by atoms with Gasteiger partial charge in [0.05, 0.1) is 6.34 Å². The van der Waals surface area contributed by atoms with Crippen molar-refractivity contribution in [2.75, 3.05) is 11.9 Å². The number of carbonyl (C=O) groups excluding carboxylic acids is 1. The SMILES string of the molecule is Cc1ccc(C(=O)NC2CC2)cc1N1C=NC2C(N(C)C3CCCCC3)=NC=NC21. The Kier molecular flexibility index (Phi) is 5.05. The number of carbonyl (C=O) groups is 1. The van der Waals surface area contributed by atoms with E-state index in [-0.39, 0.29) is 18.1 Å². The van der Waals surface area contributed by atoms with Crippen molar-refractivity contribution in [2.45, 2.75) is 76.2 Å². The van der Waals surface area contributed by atoms with E-state index >= 15 is 0 Å². The van der Waals surface area contributed by atoms with E-state index in [2.05, 4.69) is 39.1 Å². The summed E-state index contributed by atoms with van der Waals surface area (Å²) in [6.07, 6.45) is 11.9. The maximum atomic E-state index is 12.6. The van der Waals surface area contributed by atoms with Crippen LogP contribution in [0.4, 0.5) is 5.69 Å². The lowest BCUT2D eigenvalue weighted by Gasteiger charge is -2.37. The van der Waals surface area contributed by atoms with Crippen LogP contribution in [0.5, 0.6) is 0 Å². The number of rotatable bonds is 4. The van der Waals surface area contributed by atoms with Crippen LogP contribution in [0.15, 0.2) is 33.2 Å². The molecule has 2 unspecified atom stereocenters. The van der Waals surface area contributed by atoms with Gasteiger partial charge in [-0.3, -0.25) is 9.79 Å². The number of aryl methyl sites for hydroxylation is 1. The fourth-order valence-electron chi connectivity index (χ4n) is 4.72. The average Bonchev–Trinajstić information content (AvgIpc) is 3.49. The summed E-state index contributed by atoms with van der Waals surface area (Å²) in [7, 11) is 2.15. The molecule has 2 atom stereocenters. The van der Waals surface area contributed by atoms with Crippen molar-refractivity contribution in [1.29, 1.82) is 0 Å². The molecule has 2 aliphatic carbocycles. The molecule has 1 aromatic rings. The summed E-state index contributed by atoms with van der Waals surface area (Å²) in [5.41, 5.74) is 2.77. The van der Waals surface area contributed by atoms with Crippen LogP contribution < -0.4 is 10.2 Å². The normalized spacial score (nSPS) is 25.8. The number of hydrogen-bond donors (Lipinski definition) is 1. The van der Waals surface area contributed by atoms with Crippen molar-refractivity contribution < 1.29 is 4.79 Å². The molecule has 5 rings (SSSR count). The molecule has 7 nitrogen and oxygen atoms in total. The summed E-state index contributed by atoms with van der Waals surface area (Å²) in [5, 5.41) is 3.08. The molecule has 0 bridgehead atoms. The Labute approximate surface area is 178 Å². The summed E-state index contributed by atoms with van der Waals surface area (Å²) >= 11 is 0. The third kappa shape index (κ3) is 3.61. The van der Waals surface area contributed by atoms with Gasteiger partial charge in [0.25, 0.3) is 5.91 Å². The Morgan fingerprint density at radius 1 is 1.13 bits per heavy atom. The molecule has 1 amide bonds. The first-order chi connectivity index (χ1) is 14.6. The van der Waals surface area contributed by atoms with Gasteiger partial charge < -0.3 is 15.1 Å². The molecule has 4 aliphatic rings. The monoisotopic (exact) mass is 406 g/mol. The van der Waals surface area contributed by atoms with Gasteiger partial charge >= 0.3 is 0 Å². The van der Waals surface area contributed by atoms with Crippen LogP contribution in [0.2, 0.25) is 0 Å². The number of likely N-dealkylation sites (N-methyl/N-ethyl adjacent to an activating group) is 1. The zero-order valence-electron chi connectivity index (χ0n) is 17.8. The lowest BCUT2D eigenvalue weighted by Crippen LogP contribution is -2.50. The van der Waals surface area contributed by atoms with Gasteiger partial charge in [0.15, 0.2) is 12.2 Å². The number of benzene rings is 1. The number of nitrogens with one attached hydrogen (secondary N) is 1. The number of nitrogens with zero attached hydrogens (tertiary/aromatic N) is 5. The zero-order valence-corrected chi connectivity index (χ0v) is 17.8. The smallest absolute Gasteiger partial charge is 0.251 e. The second-order valence-corrected chi connectivity index (χ2v) is 8.93. The van der Waals surface area contributed by atoms with Crippen LogP contribution in [0.25, 0.3) is 0 Å². The highest BCUT2D eigenvalue weighted by Crippen LogP contribution is 2.31. The largest absolute Gasteiger partial charge is 0.358 e. The van der Waals surface area contributed by atoms with Crippen LogP contribution in [0, 0.1) is 6.92 Å². The first-order valence-corrected chi connectivity index (χ1v) is 11.2. The van der Waals surface area contributed by atoms with Gasteiger partial charge in [-0.15, -0.1) is 0 Å². The first kappa shape index (κ1) is 19.3. The second-order valence-electron chi connectivity index (χ2n) is 8.93. The van der Waals surface area contributed by atoms with E-state index < -0.39 is 0 Å². The highest BCUT2D eigenvalue weighted by Gasteiger charge is 2.40. The minimum absolute atomic E-state index is 0.00198. The standard InChI is InChI=1S/C23H30N6O/c1-15-8-9-16(23(30)27-17-10-11-17)12-19(15)29-14-26-20-21(24-13-25-22(20)29)28(2)18-6-4-3-5-7-18/h8-9,12-14,17-18,20,22H,3-7,10-11H2,1-2H3,(H,27,30). The molecule has 0 saturated heterocycles. The molecule has 1 aromatic carbocycles. The van der Waals surface area contributed by atoms with Gasteiger partial charge in [0.1, 0.15) is 12.2 Å². The van der Waals surface area contributed by atoms with Gasteiger partial charge in [-0.25, -0.2) is 9.98 Å². The van der Waals surface area contributed by atoms with Crippen LogP contribution in [-0.4, -0.2) is 60.7 Å². The summed E-state index contributed by atoms with van der Waals surface area (Å²) in [4.78, 5) is 31.1. The van der Waals surface area contributed by atoms with Gasteiger partial charge in [-0.2, -0.15) is 0 Å². The molecule has 0 aromatic heterocycles. The molecule has 158 valence electrons. The molecular formula is C23H30N6O. The van der Waals surface area contributed by atoms with Gasteiger partial charge in [0, 0.05) is 30.4 Å². The predicted octanol–water partition coefficient (Wildman–Crippen LogP) is 3.14. The lowest BCUT2D eigenvalue weighted by molar-refractivity contribution is 0.0951. The molecule has 1 N–H and O–H groups in total. The van der Waals surface area contributed by atoms with Crippen LogP contribution >= 0.6 is 0 Å². The fraction of sp³-hybridized carbons (Fsp3) is 0.565. The summed E-state index contributed by atoms with van der Waals surface area (Å²) < 4.78 is 0. The maximum absolute atomic E-state index is 12.6. The number of aliphatic imine (C=N–C) groups is 3. The van der Waals surface area contributed by atoms with E-state index in [1.807, 2.05) is 24.5 Å². The van der Waals surface area contributed by atoms with Crippen LogP contribution in [0.1, 0.15) is 60.9 Å². The molecule has 2 aliphatic heterocycles. The van der Waals surface area contributed by atoms with Crippen LogP contribution in [-0.2, 0) is 0 Å². The Morgan fingerprint density at radius 3 is 2.70 bits per heavy atom. The number of amides is 1. The predicted molar refractivity (Wildman–Crippen MR) is 121 cm³/mol. The molecule has 7 heteroatoms. The number of anilines is 1. The van der Waals surface area contributed by atoms with Gasteiger partial charge in [-0.05, 0) is 50.3 Å². The number of hydrogen-bond acceptors (Lipinski definition) is 6. The number of amidine groups is 1. The summed E-state index contributed by atoms with van der Waals surface area (Å²) in [6.45, 7) is 2.06. The maximum Gasteiger partial charge on any atom is 0.251 e. The topological polar surface area (TPSA) is 72.7 Å². The third-order valence-electron chi connectivity index (χ3n) is 6.74. The van der Waals surface area contributed by atoms with Gasteiger partial charge in [0.2, 0.25) is 0 Å². The van der Waals surface area contributed by atoms with E-state index in [0.29, 0.717) is 17.6 Å². The van der Waals surface area contributed by atoms with Gasteiger partial charge in [-0.1, -0.05) is 25.3 Å². The Morgan fingerprint density at radius 2 is 1.93 bits per heavy atom. The second kappa shape index (κ2) is 7.85. The third-order valence-corrected chi connectivity index (χ3v) is 6.74. The molecule has 2 heterocycles. The lowest BCUT2D eigenvalue weighted by atomic mass is 9.94. The van der Waals surface area contributed by atoms with Crippen molar-refractivity contribution >= 4 is 30.1 Å². The van der Waals surface area contributed by atoms with E-state index in [1.54, 1.807) is 6.34 Å². The average molecular weight is 407 g/mol. The van der Waals surface area contributed by atoms with Crippen molar-refractivity contribution in [2.24, 2.45) is 15.0 Å². The van der Waals surface area contributed by atoms with Crippen molar-refractivity contribution in [3.63, 3.8) is 0 Å². The minimum Gasteiger partial charge on any atom is -0.358 e. The molecule has 0 radical (unpaired) electrons. The fourth-order valence-corrected chi connectivity index (χ4v) is 4.72. The Balaban J connectivity index is 1.36. The van der Waals surface area contributed by atoms with Crippen molar-refractivity contribution in [1.82, 2.24) is 10.2 Å². The quantitative estimate of drug-likeness (QED) is 0.835. The minimum atomic E-state index is -0.149. The van der Waals surface area contributed by atoms with Crippen molar-refractivity contribution in [3.8, 4) is 0 Å². The Bertz CT molecular complexity index is 912. The Hall–Kier alpha value is -2.70. The first-order valence-electron chi connectivity index (χ1n) is 11.2. The van der Waals surface area contributed by atoms with E-state index in [1.165, 1.54) is 32.1 Å². The molecular weight excluding hydrogens is 376 g/mol. The number of fused-ring (bicyclic) bond motifs is 1. The van der Waals surface area contributed by atoms with E-state index in [9.17, 15) is 4.79 Å².